The zero-order chi connectivity index (χ0) is 17.1. The minimum atomic E-state index is 0.357. The lowest BCUT2D eigenvalue weighted by molar-refractivity contribution is 0.0902. The normalized spacial score (nSPS) is 26.7. The summed E-state index contributed by atoms with van der Waals surface area (Å²) in [5.41, 5.74) is 1.33. The van der Waals surface area contributed by atoms with E-state index in [0.29, 0.717) is 18.2 Å². The topological polar surface area (TPSA) is 33.7 Å². The summed E-state index contributed by atoms with van der Waals surface area (Å²) in [5.74, 6) is 0.945. The first kappa shape index (κ1) is 17.3. The minimum absolute atomic E-state index is 0.357. The Morgan fingerprint density at radius 3 is 2.72 bits per heavy atom. The van der Waals surface area contributed by atoms with Crippen molar-refractivity contribution in [1.29, 1.82) is 0 Å². The first-order valence-corrected chi connectivity index (χ1v) is 10.1. The average Bonchev–Trinajstić information content (AvgIpc) is 3.39. The number of methoxy groups -OCH3 is 1. The number of rotatable bonds is 7. The lowest BCUT2D eigenvalue weighted by atomic mass is 9.96. The van der Waals surface area contributed by atoms with Gasteiger partial charge in [-0.05, 0) is 75.7 Å². The molecule has 1 saturated carbocycles. The van der Waals surface area contributed by atoms with Crippen molar-refractivity contribution in [3.63, 3.8) is 0 Å². The van der Waals surface area contributed by atoms with Crippen molar-refractivity contribution in [2.24, 2.45) is 0 Å². The van der Waals surface area contributed by atoms with Crippen LogP contribution in [0.1, 0.15) is 56.6 Å². The monoisotopic (exact) mass is 344 g/mol. The van der Waals surface area contributed by atoms with Gasteiger partial charge in [-0.15, -0.1) is 0 Å². The van der Waals surface area contributed by atoms with Crippen LogP contribution in [-0.2, 0) is 4.74 Å². The van der Waals surface area contributed by atoms with E-state index in [1.807, 2.05) is 6.07 Å². The van der Waals surface area contributed by atoms with Gasteiger partial charge in [0.15, 0.2) is 0 Å². The Morgan fingerprint density at radius 1 is 1.20 bits per heavy atom. The lowest BCUT2D eigenvalue weighted by Crippen LogP contribution is -2.44. The summed E-state index contributed by atoms with van der Waals surface area (Å²) in [6, 6.07) is 10.4. The van der Waals surface area contributed by atoms with Crippen molar-refractivity contribution >= 4 is 0 Å². The molecule has 0 bridgehead atoms. The third kappa shape index (κ3) is 4.55. The van der Waals surface area contributed by atoms with E-state index in [9.17, 15) is 0 Å². The predicted molar refractivity (Wildman–Crippen MR) is 100 cm³/mol. The summed E-state index contributed by atoms with van der Waals surface area (Å²) in [6.07, 6.45) is 9.24. The van der Waals surface area contributed by atoms with Gasteiger partial charge in [0.05, 0.1) is 13.2 Å². The maximum Gasteiger partial charge on any atom is 0.119 e. The zero-order valence-corrected chi connectivity index (χ0v) is 15.5. The molecule has 0 radical (unpaired) electrons. The summed E-state index contributed by atoms with van der Waals surface area (Å²) >= 11 is 0. The zero-order valence-electron chi connectivity index (χ0n) is 15.5. The largest absolute Gasteiger partial charge is 0.497 e. The number of ether oxygens (including phenoxy) is 2. The Labute approximate surface area is 151 Å². The number of hydrogen-bond acceptors (Lipinski definition) is 4. The lowest BCUT2D eigenvalue weighted by Gasteiger charge is -2.35. The SMILES string of the molecule is COc1cccc([C@H](C[C@@H]2CCCO2)NC2CCN(C3CC3)CC2)c1. The number of nitrogens with zero attached hydrogens (tertiary/aromatic N) is 1. The highest BCUT2D eigenvalue weighted by atomic mass is 16.5. The molecule has 0 spiro atoms. The van der Waals surface area contributed by atoms with E-state index in [2.05, 4.69) is 28.4 Å². The van der Waals surface area contributed by atoms with Gasteiger partial charge in [-0.1, -0.05) is 12.1 Å². The van der Waals surface area contributed by atoms with Crippen LogP contribution < -0.4 is 10.1 Å². The standard InChI is InChI=1S/C21H32N2O2/c1-24-19-5-2-4-16(14-19)21(15-20-6-3-13-25-20)22-17-9-11-23(12-10-17)18-7-8-18/h2,4-5,14,17-18,20-22H,3,6-13,15H2,1H3/t20-,21-/m0/s1. The first-order chi connectivity index (χ1) is 12.3. The van der Waals surface area contributed by atoms with E-state index in [1.54, 1.807) is 7.11 Å². The summed E-state index contributed by atoms with van der Waals surface area (Å²) in [6.45, 7) is 3.44. The Bertz CT molecular complexity index is 547. The number of hydrogen-bond donors (Lipinski definition) is 1. The van der Waals surface area contributed by atoms with Gasteiger partial charge in [0.25, 0.3) is 0 Å². The highest BCUT2D eigenvalue weighted by molar-refractivity contribution is 5.30. The second kappa shape index (κ2) is 8.07. The highest BCUT2D eigenvalue weighted by Crippen LogP contribution is 2.31. The van der Waals surface area contributed by atoms with Crippen LogP contribution in [0.25, 0.3) is 0 Å². The number of benzene rings is 1. The molecule has 25 heavy (non-hydrogen) atoms. The molecule has 1 aromatic rings. The second-order valence-corrected chi connectivity index (χ2v) is 7.91. The van der Waals surface area contributed by atoms with Gasteiger partial charge in [0.2, 0.25) is 0 Å². The van der Waals surface area contributed by atoms with Gasteiger partial charge >= 0.3 is 0 Å². The van der Waals surface area contributed by atoms with Crippen molar-refractivity contribution in [3.05, 3.63) is 29.8 Å². The van der Waals surface area contributed by atoms with Crippen molar-refractivity contribution in [2.45, 2.75) is 69.2 Å². The molecule has 3 aliphatic rings. The van der Waals surface area contributed by atoms with E-state index in [0.717, 1.165) is 24.8 Å². The molecule has 2 atom stereocenters. The van der Waals surface area contributed by atoms with Crippen molar-refractivity contribution in [3.8, 4) is 5.75 Å². The Kier molecular flexibility index (Phi) is 5.59. The molecule has 4 heteroatoms. The van der Waals surface area contributed by atoms with Crippen LogP contribution in [0.3, 0.4) is 0 Å². The van der Waals surface area contributed by atoms with Crippen molar-refractivity contribution in [2.75, 3.05) is 26.8 Å². The minimum Gasteiger partial charge on any atom is -0.497 e. The molecule has 1 aromatic carbocycles. The van der Waals surface area contributed by atoms with Crippen LogP contribution in [0.2, 0.25) is 0 Å². The van der Waals surface area contributed by atoms with Gasteiger partial charge in [0, 0.05) is 24.7 Å². The van der Waals surface area contributed by atoms with Crippen molar-refractivity contribution in [1.82, 2.24) is 10.2 Å². The van der Waals surface area contributed by atoms with Gasteiger partial charge in [-0.2, -0.15) is 0 Å². The maximum absolute atomic E-state index is 5.93. The molecule has 138 valence electrons. The van der Waals surface area contributed by atoms with Crippen LogP contribution in [-0.4, -0.2) is 49.9 Å². The second-order valence-electron chi connectivity index (χ2n) is 7.91. The summed E-state index contributed by atoms with van der Waals surface area (Å²) in [4.78, 5) is 2.69. The Morgan fingerprint density at radius 2 is 2.04 bits per heavy atom. The molecule has 2 heterocycles. The van der Waals surface area contributed by atoms with Gasteiger partial charge < -0.3 is 19.7 Å². The van der Waals surface area contributed by atoms with Crippen LogP contribution in [0, 0.1) is 0 Å². The fraction of sp³-hybridized carbons (Fsp3) is 0.714. The highest BCUT2D eigenvalue weighted by Gasteiger charge is 2.33. The Hall–Kier alpha value is -1.10. The van der Waals surface area contributed by atoms with Crippen LogP contribution in [0.15, 0.2) is 24.3 Å². The predicted octanol–water partition coefficient (Wildman–Crippen LogP) is 3.52. The molecule has 2 saturated heterocycles. The molecule has 2 aliphatic heterocycles. The maximum atomic E-state index is 5.93. The van der Waals surface area contributed by atoms with E-state index in [1.165, 1.54) is 57.2 Å². The molecule has 1 N–H and O–H groups in total. The molecule has 0 amide bonds. The van der Waals surface area contributed by atoms with Gasteiger partial charge in [0.1, 0.15) is 5.75 Å². The van der Waals surface area contributed by atoms with Crippen LogP contribution >= 0.6 is 0 Å². The van der Waals surface area contributed by atoms with E-state index < -0.39 is 0 Å². The number of nitrogens with one attached hydrogen (secondary N) is 1. The number of likely N-dealkylation sites (tertiary alicyclic amines) is 1. The fourth-order valence-corrected chi connectivity index (χ4v) is 4.41. The van der Waals surface area contributed by atoms with Crippen LogP contribution in [0.5, 0.6) is 5.75 Å². The molecular formula is C21H32N2O2. The average molecular weight is 344 g/mol. The number of piperidine rings is 1. The molecule has 4 nitrogen and oxygen atoms in total. The van der Waals surface area contributed by atoms with E-state index in [4.69, 9.17) is 9.47 Å². The third-order valence-corrected chi connectivity index (χ3v) is 6.05. The first-order valence-electron chi connectivity index (χ1n) is 10.1. The van der Waals surface area contributed by atoms with E-state index in [-0.39, 0.29) is 0 Å². The van der Waals surface area contributed by atoms with Gasteiger partial charge in [-0.25, -0.2) is 0 Å². The van der Waals surface area contributed by atoms with Gasteiger partial charge in [-0.3, -0.25) is 0 Å². The quantitative estimate of drug-likeness (QED) is 0.820. The smallest absolute Gasteiger partial charge is 0.119 e. The summed E-state index contributed by atoms with van der Waals surface area (Å²) < 4.78 is 11.4. The third-order valence-electron chi connectivity index (χ3n) is 6.05. The molecule has 1 aliphatic carbocycles. The molecular weight excluding hydrogens is 312 g/mol. The van der Waals surface area contributed by atoms with E-state index >= 15 is 0 Å². The fourth-order valence-electron chi connectivity index (χ4n) is 4.41. The molecule has 4 rings (SSSR count). The molecule has 3 fully saturated rings. The Balaban J connectivity index is 1.41. The molecule has 0 unspecified atom stereocenters. The summed E-state index contributed by atoms with van der Waals surface area (Å²) in [5, 5.41) is 3.97. The van der Waals surface area contributed by atoms with Crippen molar-refractivity contribution < 1.29 is 9.47 Å². The molecule has 0 aromatic heterocycles. The summed E-state index contributed by atoms with van der Waals surface area (Å²) in [7, 11) is 1.75. The van der Waals surface area contributed by atoms with Crippen LogP contribution in [0.4, 0.5) is 0 Å².